The molecule has 5 rings (SSSR count). The second-order valence-corrected chi connectivity index (χ2v) is 16.2. The summed E-state index contributed by atoms with van der Waals surface area (Å²) in [6.07, 6.45) is 5.44. The number of rotatable bonds is 2. The minimum atomic E-state index is -2.44. The largest absolute Gasteiger partial charge is 0.210 e. The van der Waals surface area contributed by atoms with Crippen LogP contribution in [0.1, 0.15) is 46.2 Å². The fourth-order valence-corrected chi connectivity index (χ4v) is 8.28. The molecule has 0 aromatic heterocycles. The molecule has 0 N–H and O–H groups in total. The summed E-state index contributed by atoms with van der Waals surface area (Å²) in [7, 11) is 12.5. The number of aryl methyl sites for hydroxylation is 4. The first kappa shape index (κ1) is 25.1. The first-order valence-electron chi connectivity index (χ1n) is 11.1. The summed E-state index contributed by atoms with van der Waals surface area (Å²) in [6.45, 7) is 4.24. The molecule has 0 aliphatic heterocycles. The summed E-state index contributed by atoms with van der Waals surface area (Å²) in [4.78, 5) is 0. The van der Waals surface area contributed by atoms with Crippen molar-refractivity contribution in [2.45, 2.75) is 39.5 Å². The predicted molar refractivity (Wildman–Crippen MR) is 138 cm³/mol. The molecule has 1 aliphatic rings. The summed E-state index contributed by atoms with van der Waals surface area (Å²) in [6, 6.07) is 33.3. The summed E-state index contributed by atoms with van der Waals surface area (Å²) < 4.78 is 1.15. The molecule has 0 bridgehead atoms. The monoisotopic (exact) mass is 538 g/mol. The number of halogens is 2. The minimum absolute atomic E-state index is 1.15. The molecule has 3 heteroatoms. The number of hydrogen-bond donors (Lipinski definition) is 0. The van der Waals surface area contributed by atoms with Gasteiger partial charge in [-0.2, -0.15) is 46.5 Å². The van der Waals surface area contributed by atoms with Crippen molar-refractivity contribution in [1.29, 1.82) is 0 Å². The Labute approximate surface area is 207 Å². The predicted octanol–water partition coefficient (Wildman–Crippen LogP) is 8.49. The van der Waals surface area contributed by atoms with Gasteiger partial charge in [-0.05, 0) is 0 Å². The first-order chi connectivity index (χ1) is 15.6. The SMILES string of the molecule is Cc1cc[cH-]c1C.[Cl][Zr]([Cl])=[C](c1ccccc1)c1ccccc1.c1cc2c([cH-]1)CCCC2. The van der Waals surface area contributed by atoms with Crippen LogP contribution in [-0.2, 0) is 31.7 Å². The molecule has 0 unspecified atom stereocenters. The van der Waals surface area contributed by atoms with Crippen LogP contribution in [-0.4, -0.2) is 3.21 Å². The molecular weight excluding hydrogens is 510 g/mol. The normalized spacial score (nSPS) is 11.9. The zero-order valence-corrected chi connectivity index (χ0v) is 22.8. The zero-order chi connectivity index (χ0) is 22.8. The van der Waals surface area contributed by atoms with Crippen molar-refractivity contribution in [1.82, 2.24) is 0 Å². The maximum absolute atomic E-state index is 6.24. The van der Waals surface area contributed by atoms with Crippen molar-refractivity contribution in [2.75, 3.05) is 0 Å². The summed E-state index contributed by atoms with van der Waals surface area (Å²) >= 11 is -2.44. The molecule has 0 atom stereocenters. The summed E-state index contributed by atoms with van der Waals surface area (Å²) in [5.74, 6) is 0. The van der Waals surface area contributed by atoms with Crippen LogP contribution in [0.3, 0.4) is 0 Å². The third-order valence-electron chi connectivity index (χ3n) is 5.78. The van der Waals surface area contributed by atoms with E-state index in [-0.39, 0.29) is 0 Å². The Bertz CT molecular complexity index is 1020. The molecule has 0 spiro atoms. The van der Waals surface area contributed by atoms with Gasteiger partial charge in [0, 0.05) is 0 Å². The molecule has 0 radical (unpaired) electrons. The molecule has 0 heterocycles. The molecule has 1 aliphatic carbocycles. The van der Waals surface area contributed by atoms with Crippen LogP contribution in [0, 0.1) is 13.8 Å². The third-order valence-corrected chi connectivity index (χ3v) is 10.4. The van der Waals surface area contributed by atoms with E-state index in [0.29, 0.717) is 0 Å². The van der Waals surface area contributed by atoms with E-state index in [0.717, 1.165) is 14.3 Å². The van der Waals surface area contributed by atoms with Crippen LogP contribution in [0.2, 0.25) is 0 Å². The number of hydrogen-bond acceptors (Lipinski definition) is 0. The van der Waals surface area contributed by atoms with Gasteiger partial charge in [0.25, 0.3) is 0 Å². The van der Waals surface area contributed by atoms with Gasteiger partial charge in [0.2, 0.25) is 0 Å². The van der Waals surface area contributed by atoms with Crippen LogP contribution in [0.25, 0.3) is 0 Å². The van der Waals surface area contributed by atoms with Gasteiger partial charge in [-0.15, -0.1) is 0 Å². The topological polar surface area (TPSA) is 0 Å². The molecule has 166 valence electrons. The van der Waals surface area contributed by atoms with Crippen molar-refractivity contribution >= 4 is 20.2 Å². The summed E-state index contributed by atoms with van der Waals surface area (Å²) in [5.41, 5.74) is 8.27. The van der Waals surface area contributed by atoms with Gasteiger partial charge in [0.1, 0.15) is 0 Å². The number of benzene rings is 2. The van der Waals surface area contributed by atoms with Gasteiger partial charge in [0.15, 0.2) is 0 Å². The Morgan fingerprint density at radius 1 is 0.719 bits per heavy atom. The molecule has 0 saturated heterocycles. The second-order valence-electron chi connectivity index (χ2n) is 8.04. The summed E-state index contributed by atoms with van der Waals surface area (Å²) in [5, 5.41) is 0. The zero-order valence-electron chi connectivity index (χ0n) is 18.8. The van der Waals surface area contributed by atoms with Gasteiger partial charge in [-0.1, -0.05) is 39.5 Å². The van der Waals surface area contributed by atoms with Gasteiger partial charge in [-0.25, -0.2) is 12.1 Å². The van der Waals surface area contributed by atoms with Crippen LogP contribution in [0.4, 0.5) is 0 Å². The molecule has 0 fully saturated rings. The molecule has 0 saturated carbocycles. The Morgan fingerprint density at radius 3 is 1.72 bits per heavy atom. The van der Waals surface area contributed by atoms with Crippen molar-refractivity contribution in [3.63, 3.8) is 0 Å². The van der Waals surface area contributed by atoms with Crippen LogP contribution < -0.4 is 0 Å². The molecule has 4 aromatic rings. The Hall–Kier alpha value is -1.53. The smallest absolute Gasteiger partial charge is 0.0512 e. The second kappa shape index (κ2) is 13.2. The van der Waals surface area contributed by atoms with Crippen molar-refractivity contribution < 1.29 is 18.9 Å². The molecule has 32 heavy (non-hydrogen) atoms. The third kappa shape index (κ3) is 7.52. The molecule has 0 amide bonds. The minimum Gasteiger partial charge on any atom is -0.210 e. The Morgan fingerprint density at radius 2 is 1.28 bits per heavy atom. The quantitative estimate of drug-likeness (QED) is 0.224. The van der Waals surface area contributed by atoms with E-state index in [1.165, 1.54) is 36.8 Å². The van der Waals surface area contributed by atoms with Gasteiger partial charge in [0.05, 0.1) is 0 Å². The fourth-order valence-electron chi connectivity index (χ4n) is 3.81. The van der Waals surface area contributed by atoms with E-state index in [1.54, 1.807) is 11.1 Å². The van der Waals surface area contributed by atoms with Crippen molar-refractivity contribution in [2.24, 2.45) is 0 Å². The Kier molecular flexibility index (Phi) is 10.4. The van der Waals surface area contributed by atoms with E-state index in [2.05, 4.69) is 74.5 Å². The van der Waals surface area contributed by atoms with Gasteiger partial charge < -0.3 is 0 Å². The van der Waals surface area contributed by atoms with Crippen molar-refractivity contribution in [3.8, 4) is 0 Å². The van der Waals surface area contributed by atoms with E-state index < -0.39 is 18.9 Å². The van der Waals surface area contributed by atoms with Crippen LogP contribution >= 0.6 is 17.0 Å². The van der Waals surface area contributed by atoms with E-state index >= 15 is 0 Å². The van der Waals surface area contributed by atoms with Crippen LogP contribution in [0.5, 0.6) is 0 Å². The van der Waals surface area contributed by atoms with E-state index in [9.17, 15) is 0 Å². The average molecular weight is 541 g/mol. The van der Waals surface area contributed by atoms with Gasteiger partial charge in [-0.3, -0.25) is 0 Å². The standard InChI is InChI=1S/C13H10.C9H11.C7H9.2ClH.Zr/c1-3-7-12(8-4-1)11-13-9-5-2-6-10-13;1-2-5-9-7-3-6-8(9)4-1;1-6-4-3-5-7(6)2;;;/h1-10H;3,6-7H,1-2,4-5H2;3-5H,1-2H3;2*1H;/q;2*-1;;;+2/p-2. The first-order valence-corrected chi connectivity index (χ1v) is 18.7. The average Bonchev–Trinajstić information content (AvgIpc) is 3.45. The fraction of sp³-hybridized carbons (Fsp3) is 0.207. The molecule has 4 aromatic carbocycles. The maximum atomic E-state index is 6.24. The maximum Gasteiger partial charge on any atom is -0.0512 e. The Balaban J connectivity index is 0.000000151. The molecular formula is C29H30Cl2Zr-2. The van der Waals surface area contributed by atoms with Gasteiger partial charge >= 0.3 is 111 Å². The van der Waals surface area contributed by atoms with E-state index in [1.807, 2.05) is 36.4 Å². The molecule has 0 nitrogen and oxygen atoms in total. The van der Waals surface area contributed by atoms with E-state index in [4.69, 9.17) is 17.0 Å². The van der Waals surface area contributed by atoms with Crippen LogP contribution in [0.15, 0.2) is 97.1 Å². The van der Waals surface area contributed by atoms with Crippen molar-refractivity contribution in [3.05, 3.63) is 130 Å². The number of fused-ring (bicyclic) bond motifs is 1.